The van der Waals surface area contributed by atoms with Crippen molar-refractivity contribution in [2.75, 3.05) is 19.4 Å². The molecular weight excluding hydrogens is 364 g/mol. The van der Waals surface area contributed by atoms with Crippen LogP contribution in [0.5, 0.6) is 0 Å². The molecule has 9 nitrogen and oxygen atoms in total. The highest BCUT2D eigenvalue weighted by molar-refractivity contribution is 7.15. The van der Waals surface area contributed by atoms with Gasteiger partial charge in [-0.05, 0) is 43.7 Å². The lowest BCUT2D eigenvalue weighted by atomic mass is 10.1. The van der Waals surface area contributed by atoms with Crippen LogP contribution in [0.4, 0.5) is 5.13 Å². The molecule has 0 aromatic carbocycles. The van der Waals surface area contributed by atoms with Crippen LogP contribution in [0.3, 0.4) is 0 Å². The summed E-state index contributed by atoms with van der Waals surface area (Å²) in [5.41, 5.74) is 12.5. The number of carbonyl (C=O) groups excluding carboxylic acids is 1. The van der Waals surface area contributed by atoms with Gasteiger partial charge < -0.3 is 32.8 Å². The first-order valence-electron chi connectivity index (χ1n) is 8.57. The van der Waals surface area contributed by atoms with Crippen LogP contribution in [-0.2, 0) is 11.2 Å². The maximum Gasteiger partial charge on any atom is 0.232 e. The van der Waals surface area contributed by atoms with Crippen LogP contribution >= 0.6 is 11.3 Å². The molecule has 10 heteroatoms. The third-order valence-corrected chi connectivity index (χ3v) is 4.29. The van der Waals surface area contributed by atoms with E-state index in [1.807, 2.05) is 0 Å². The van der Waals surface area contributed by atoms with Gasteiger partial charge in [0.05, 0.1) is 12.2 Å². The topological polar surface area (TPSA) is 155 Å². The summed E-state index contributed by atoms with van der Waals surface area (Å²) in [6.45, 7) is 0. The van der Waals surface area contributed by atoms with Crippen molar-refractivity contribution in [1.29, 1.82) is 5.41 Å². The number of carbonyl (C=O) groups is 1. The molecule has 148 valence electrons. The summed E-state index contributed by atoms with van der Waals surface area (Å²) >= 11 is 1.35. The molecule has 1 heterocycles. The second kappa shape index (κ2) is 12.5. The minimum Gasteiger partial charge on any atom is -0.402 e. The normalized spacial score (nSPS) is 12.2. The molecule has 8 N–H and O–H groups in total. The summed E-state index contributed by atoms with van der Waals surface area (Å²) in [4.78, 5) is 11.9. The van der Waals surface area contributed by atoms with Gasteiger partial charge in [0.25, 0.3) is 0 Å². The van der Waals surface area contributed by atoms with E-state index >= 15 is 0 Å². The maximum absolute atomic E-state index is 11.9. The molecule has 0 aliphatic heterocycles. The number of allylic oxidation sites excluding steroid dienone is 4. The predicted octanol–water partition coefficient (Wildman–Crippen LogP) is 1.19. The molecule has 0 bridgehead atoms. The zero-order valence-corrected chi connectivity index (χ0v) is 16.5. The lowest BCUT2D eigenvalue weighted by Crippen LogP contribution is -2.15. The molecule has 1 amide bonds. The molecule has 0 atom stereocenters. The van der Waals surface area contributed by atoms with E-state index in [0.717, 1.165) is 36.4 Å². The minimum absolute atomic E-state index is 0.00871. The first-order chi connectivity index (χ1) is 12.9. The Bertz CT molecular complexity index is 708. The van der Waals surface area contributed by atoms with Crippen LogP contribution in [0.1, 0.15) is 30.7 Å². The van der Waals surface area contributed by atoms with E-state index in [2.05, 4.69) is 26.1 Å². The van der Waals surface area contributed by atoms with E-state index in [4.69, 9.17) is 16.9 Å². The number of nitrogens with one attached hydrogen (secondary N) is 4. The number of nitrogens with zero attached hydrogens (tertiary/aromatic N) is 2. The number of nitrogens with two attached hydrogens (primary N) is 2. The highest BCUT2D eigenvalue weighted by atomic mass is 32.1. The smallest absolute Gasteiger partial charge is 0.232 e. The van der Waals surface area contributed by atoms with Crippen molar-refractivity contribution in [2.24, 2.45) is 11.5 Å². The van der Waals surface area contributed by atoms with Crippen molar-refractivity contribution < 1.29 is 4.79 Å². The van der Waals surface area contributed by atoms with E-state index in [1.165, 1.54) is 17.4 Å². The molecule has 1 aromatic rings. The molecule has 0 spiro atoms. The van der Waals surface area contributed by atoms with E-state index in [9.17, 15) is 4.79 Å². The van der Waals surface area contributed by atoms with Gasteiger partial charge in [0, 0.05) is 31.9 Å². The van der Waals surface area contributed by atoms with Crippen molar-refractivity contribution in [3.63, 3.8) is 0 Å². The Balaban J connectivity index is 2.33. The first kappa shape index (κ1) is 22.2. The highest BCUT2D eigenvalue weighted by Gasteiger charge is 2.09. The van der Waals surface area contributed by atoms with Crippen LogP contribution in [0.2, 0.25) is 0 Å². The minimum atomic E-state index is -0.282. The second-order valence-corrected chi connectivity index (χ2v) is 6.76. The van der Waals surface area contributed by atoms with Crippen molar-refractivity contribution in [1.82, 2.24) is 20.8 Å². The van der Waals surface area contributed by atoms with Gasteiger partial charge in [-0.3, -0.25) is 4.79 Å². The SMILES string of the molecule is CN/C=C\C(=N)CC(=O)Nc1nnc(CCCC/C(N)=C/C=C(\N)NC)s1. The number of hydrogen-bond donors (Lipinski definition) is 6. The third-order valence-electron chi connectivity index (χ3n) is 3.39. The van der Waals surface area contributed by atoms with Crippen LogP contribution in [0.25, 0.3) is 0 Å². The van der Waals surface area contributed by atoms with Crippen molar-refractivity contribution in [2.45, 2.75) is 32.1 Å². The van der Waals surface area contributed by atoms with Gasteiger partial charge in [-0.2, -0.15) is 0 Å². The Morgan fingerprint density at radius 3 is 2.70 bits per heavy atom. The Hall–Kier alpha value is -2.88. The van der Waals surface area contributed by atoms with Crippen LogP contribution in [-0.4, -0.2) is 35.9 Å². The molecule has 0 saturated carbocycles. The number of hydrogen-bond acceptors (Lipinski definition) is 9. The van der Waals surface area contributed by atoms with Gasteiger partial charge in [0.15, 0.2) is 0 Å². The average Bonchev–Trinajstić information content (AvgIpc) is 3.08. The van der Waals surface area contributed by atoms with Gasteiger partial charge in [-0.25, -0.2) is 0 Å². The lowest BCUT2D eigenvalue weighted by molar-refractivity contribution is -0.115. The second-order valence-electron chi connectivity index (χ2n) is 5.69. The van der Waals surface area contributed by atoms with E-state index in [1.54, 1.807) is 32.4 Å². The quantitative estimate of drug-likeness (QED) is 0.177. The Morgan fingerprint density at radius 1 is 1.22 bits per heavy atom. The molecule has 0 saturated heterocycles. The highest BCUT2D eigenvalue weighted by Crippen LogP contribution is 2.18. The zero-order valence-electron chi connectivity index (χ0n) is 15.7. The summed E-state index contributed by atoms with van der Waals surface area (Å²) in [5, 5.41) is 25.3. The predicted molar refractivity (Wildman–Crippen MR) is 110 cm³/mol. The fourth-order valence-electron chi connectivity index (χ4n) is 1.95. The Kier molecular flexibility index (Phi) is 10.2. The third kappa shape index (κ3) is 10.00. The molecule has 0 radical (unpaired) electrons. The van der Waals surface area contributed by atoms with Gasteiger partial charge in [-0.1, -0.05) is 11.3 Å². The standard InChI is InChI=1S/C17H28N8OS/c1-21-10-9-13(19)11-15(26)23-17-25-24-16(27-17)6-4-3-5-12(18)7-8-14(20)22-2/h7-10,19,21-22H,3-6,11,18,20H2,1-2H3,(H,23,25,26)/b10-9-,12-7-,14-8+,19-13?. The van der Waals surface area contributed by atoms with Gasteiger partial charge >= 0.3 is 0 Å². The summed E-state index contributed by atoms with van der Waals surface area (Å²) in [6.07, 6.45) is 10.1. The molecule has 0 fully saturated rings. The first-order valence-corrected chi connectivity index (χ1v) is 9.39. The molecular formula is C17H28N8OS. The largest absolute Gasteiger partial charge is 0.402 e. The Labute approximate surface area is 163 Å². The van der Waals surface area contributed by atoms with E-state index in [-0.39, 0.29) is 18.0 Å². The number of rotatable bonds is 12. The van der Waals surface area contributed by atoms with Crippen LogP contribution < -0.4 is 27.4 Å². The number of amides is 1. The summed E-state index contributed by atoms with van der Waals surface area (Å²) in [6, 6.07) is 0. The number of anilines is 1. The molecule has 0 aliphatic rings. The van der Waals surface area contributed by atoms with Crippen LogP contribution in [0, 0.1) is 5.41 Å². The summed E-state index contributed by atoms with van der Waals surface area (Å²) in [7, 11) is 3.48. The molecule has 27 heavy (non-hydrogen) atoms. The molecule has 1 aromatic heterocycles. The van der Waals surface area contributed by atoms with Crippen molar-refractivity contribution >= 4 is 28.1 Å². The van der Waals surface area contributed by atoms with E-state index in [0.29, 0.717) is 11.0 Å². The number of aryl methyl sites for hydroxylation is 1. The fourth-order valence-corrected chi connectivity index (χ4v) is 2.75. The maximum atomic E-state index is 11.9. The average molecular weight is 393 g/mol. The van der Waals surface area contributed by atoms with Gasteiger partial charge in [0.2, 0.25) is 11.0 Å². The van der Waals surface area contributed by atoms with E-state index < -0.39 is 0 Å². The number of unbranched alkanes of at least 4 members (excludes halogenated alkanes) is 1. The molecule has 0 aliphatic carbocycles. The monoisotopic (exact) mass is 392 g/mol. The fraction of sp³-hybridized carbons (Fsp3) is 0.412. The molecule has 1 rings (SSSR count). The lowest BCUT2D eigenvalue weighted by Gasteiger charge is -2.01. The van der Waals surface area contributed by atoms with Gasteiger partial charge in [-0.15, -0.1) is 10.2 Å². The Morgan fingerprint density at radius 2 is 2.00 bits per heavy atom. The van der Waals surface area contributed by atoms with Crippen LogP contribution in [0.15, 0.2) is 35.9 Å². The molecule has 0 unspecified atom stereocenters. The van der Waals surface area contributed by atoms with Crippen molar-refractivity contribution in [3.05, 3.63) is 41.0 Å². The van der Waals surface area contributed by atoms with Gasteiger partial charge in [0.1, 0.15) is 5.01 Å². The summed E-state index contributed by atoms with van der Waals surface area (Å²) < 4.78 is 0. The zero-order chi connectivity index (χ0) is 20.1. The van der Waals surface area contributed by atoms with Crippen molar-refractivity contribution in [3.8, 4) is 0 Å². The summed E-state index contributed by atoms with van der Waals surface area (Å²) in [5.74, 6) is 0.282. The number of aromatic nitrogens is 2.